The molecule has 0 amide bonds. The quantitative estimate of drug-likeness (QED) is 0.841. The molecular formula is C17H19NO2. The Balaban J connectivity index is 1.93. The number of carbonyl (C=O) groups excluding carboxylic acids is 1. The number of benzene rings is 2. The summed E-state index contributed by atoms with van der Waals surface area (Å²) in [6.45, 7) is 0.0156. The van der Waals surface area contributed by atoms with E-state index < -0.39 is 6.04 Å². The number of aliphatic hydroxyl groups is 1. The van der Waals surface area contributed by atoms with Crippen molar-refractivity contribution < 1.29 is 9.90 Å². The predicted molar refractivity (Wildman–Crippen MR) is 79.2 cm³/mol. The van der Waals surface area contributed by atoms with Gasteiger partial charge in [-0.05, 0) is 23.1 Å². The van der Waals surface area contributed by atoms with Crippen molar-refractivity contribution in [2.75, 3.05) is 0 Å². The number of hydrogen-bond donors (Lipinski definition) is 2. The number of carbonyl (C=O) groups is 1. The van der Waals surface area contributed by atoms with E-state index in [-0.39, 0.29) is 12.4 Å². The first kappa shape index (κ1) is 14.4. The van der Waals surface area contributed by atoms with Gasteiger partial charge in [-0.2, -0.15) is 0 Å². The van der Waals surface area contributed by atoms with E-state index in [1.807, 2.05) is 54.6 Å². The summed E-state index contributed by atoms with van der Waals surface area (Å²) in [7, 11) is 0. The van der Waals surface area contributed by atoms with E-state index in [9.17, 15) is 4.79 Å². The van der Waals surface area contributed by atoms with Crippen molar-refractivity contribution in [2.45, 2.75) is 25.5 Å². The van der Waals surface area contributed by atoms with Gasteiger partial charge in [0.15, 0.2) is 5.78 Å². The Hall–Kier alpha value is -1.97. The highest BCUT2D eigenvalue weighted by Crippen LogP contribution is 2.08. The van der Waals surface area contributed by atoms with Crippen molar-refractivity contribution in [1.29, 1.82) is 0 Å². The molecule has 3 nitrogen and oxygen atoms in total. The van der Waals surface area contributed by atoms with Crippen molar-refractivity contribution in [2.24, 2.45) is 5.73 Å². The molecule has 0 saturated carbocycles. The molecule has 2 rings (SSSR count). The molecule has 0 aromatic heterocycles. The van der Waals surface area contributed by atoms with Gasteiger partial charge in [0, 0.05) is 6.42 Å². The molecule has 0 fully saturated rings. The van der Waals surface area contributed by atoms with Crippen LogP contribution in [-0.4, -0.2) is 16.9 Å². The highest BCUT2D eigenvalue weighted by atomic mass is 16.3. The lowest BCUT2D eigenvalue weighted by Crippen LogP contribution is -2.33. The zero-order chi connectivity index (χ0) is 14.4. The fraction of sp³-hybridized carbons (Fsp3) is 0.235. The minimum absolute atomic E-state index is 0.0156. The number of rotatable bonds is 6. The van der Waals surface area contributed by atoms with Crippen LogP contribution in [0.25, 0.3) is 0 Å². The van der Waals surface area contributed by atoms with Crippen LogP contribution in [0, 0.1) is 0 Å². The molecule has 0 aliphatic rings. The average Bonchev–Trinajstić information content (AvgIpc) is 2.49. The first-order valence-electron chi connectivity index (χ1n) is 6.70. The maximum absolute atomic E-state index is 12.1. The van der Waals surface area contributed by atoms with Gasteiger partial charge in [-0.1, -0.05) is 54.6 Å². The number of hydrogen-bond acceptors (Lipinski definition) is 3. The van der Waals surface area contributed by atoms with Crippen LogP contribution in [0.15, 0.2) is 54.6 Å². The zero-order valence-corrected chi connectivity index (χ0v) is 11.3. The van der Waals surface area contributed by atoms with E-state index in [1.165, 1.54) is 0 Å². The van der Waals surface area contributed by atoms with Crippen molar-refractivity contribution in [3.63, 3.8) is 0 Å². The molecule has 2 aromatic rings. The van der Waals surface area contributed by atoms with Crippen LogP contribution >= 0.6 is 0 Å². The Bertz CT molecular complexity index is 549. The second-order valence-electron chi connectivity index (χ2n) is 4.91. The molecule has 3 N–H and O–H groups in total. The average molecular weight is 269 g/mol. The Labute approximate surface area is 119 Å². The van der Waals surface area contributed by atoms with Gasteiger partial charge in [0.05, 0.1) is 12.6 Å². The molecule has 0 spiro atoms. The Morgan fingerprint density at radius 1 is 0.950 bits per heavy atom. The van der Waals surface area contributed by atoms with Gasteiger partial charge in [-0.15, -0.1) is 0 Å². The Morgan fingerprint density at radius 3 is 2.15 bits per heavy atom. The number of ketones is 1. The second-order valence-corrected chi connectivity index (χ2v) is 4.91. The normalized spacial score (nSPS) is 12.1. The summed E-state index contributed by atoms with van der Waals surface area (Å²) in [4.78, 5) is 12.1. The van der Waals surface area contributed by atoms with Gasteiger partial charge >= 0.3 is 0 Å². The summed E-state index contributed by atoms with van der Waals surface area (Å²) >= 11 is 0. The highest BCUT2D eigenvalue weighted by Gasteiger charge is 2.14. The molecule has 104 valence electrons. The molecule has 0 radical (unpaired) electrons. The van der Waals surface area contributed by atoms with Crippen LogP contribution in [0.4, 0.5) is 0 Å². The SMILES string of the molecule is N[C@@H](Cc1ccccc1)C(=O)Cc1ccc(CO)cc1. The lowest BCUT2D eigenvalue weighted by molar-refractivity contribution is -0.119. The minimum Gasteiger partial charge on any atom is -0.392 e. The number of Topliss-reactive ketones (excluding diaryl/α,β-unsaturated/α-hetero) is 1. The summed E-state index contributed by atoms with van der Waals surface area (Å²) in [5.41, 5.74) is 8.81. The lowest BCUT2D eigenvalue weighted by Gasteiger charge is -2.11. The van der Waals surface area contributed by atoms with Gasteiger partial charge in [-0.3, -0.25) is 4.79 Å². The zero-order valence-electron chi connectivity index (χ0n) is 11.3. The minimum atomic E-state index is -0.477. The Morgan fingerprint density at radius 2 is 1.55 bits per heavy atom. The van der Waals surface area contributed by atoms with E-state index in [2.05, 4.69) is 0 Å². The van der Waals surface area contributed by atoms with Crippen LogP contribution in [0.3, 0.4) is 0 Å². The van der Waals surface area contributed by atoms with Crippen LogP contribution in [0.5, 0.6) is 0 Å². The maximum atomic E-state index is 12.1. The molecule has 20 heavy (non-hydrogen) atoms. The summed E-state index contributed by atoms with van der Waals surface area (Å²) in [5.74, 6) is 0.0330. The van der Waals surface area contributed by atoms with E-state index in [4.69, 9.17) is 10.8 Å². The van der Waals surface area contributed by atoms with Gasteiger partial charge in [0.1, 0.15) is 0 Å². The van der Waals surface area contributed by atoms with Crippen LogP contribution < -0.4 is 5.73 Å². The fourth-order valence-corrected chi connectivity index (χ4v) is 2.08. The topological polar surface area (TPSA) is 63.3 Å². The second kappa shape index (κ2) is 6.98. The molecule has 0 aliphatic carbocycles. The lowest BCUT2D eigenvalue weighted by atomic mass is 9.98. The largest absolute Gasteiger partial charge is 0.392 e. The third-order valence-corrected chi connectivity index (χ3v) is 3.30. The third kappa shape index (κ3) is 4.02. The molecule has 0 saturated heterocycles. The molecule has 2 aromatic carbocycles. The van der Waals surface area contributed by atoms with Crippen molar-refractivity contribution in [1.82, 2.24) is 0 Å². The van der Waals surface area contributed by atoms with E-state index in [0.717, 1.165) is 16.7 Å². The molecule has 1 atom stereocenters. The monoisotopic (exact) mass is 269 g/mol. The van der Waals surface area contributed by atoms with E-state index in [1.54, 1.807) is 0 Å². The van der Waals surface area contributed by atoms with Gasteiger partial charge in [0.2, 0.25) is 0 Å². The van der Waals surface area contributed by atoms with Gasteiger partial charge < -0.3 is 10.8 Å². The van der Waals surface area contributed by atoms with Crippen molar-refractivity contribution >= 4 is 5.78 Å². The fourth-order valence-electron chi connectivity index (χ4n) is 2.08. The first-order chi connectivity index (χ1) is 9.69. The van der Waals surface area contributed by atoms with Gasteiger partial charge in [0.25, 0.3) is 0 Å². The van der Waals surface area contributed by atoms with Crippen LogP contribution in [0.2, 0.25) is 0 Å². The predicted octanol–water partition coefficient (Wildman–Crippen LogP) is 1.86. The molecule has 0 aliphatic heterocycles. The summed E-state index contributed by atoms with van der Waals surface area (Å²) in [6.07, 6.45) is 0.897. The highest BCUT2D eigenvalue weighted by molar-refractivity contribution is 5.86. The molecule has 3 heteroatoms. The Kier molecular flexibility index (Phi) is 5.04. The third-order valence-electron chi connectivity index (χ3n) is 3.30. The molecule has 0 heterocycles. The summed E-state index contributed by atoms with van der Waals surface area (Å²) in [6, 6.07) is 16.7. The smallest absolute Gasteiger partial charge is 0.154 e. The van der Waals surface area contributed by atoms with Crippen LogP contribution in [0.1, 0.15) is 16.7 Å². The van der Waals surface area contributed by atoms with Crippen molar-refractivity contribution in [3.05, 3.63) is 71.3 Å². The van der Waals surface area contributed by atoms with Gasteiger partial charge in [-0.25, -0.2) is 0 Å². The number of aliphatic hydroxyl groups excluding tert-OH is 1. The van der Waals surface area contributed by atoms with E-state index >= 15 is 0 Å². The van der Waals surface area contributed by atoms with E-state index in [0.29, 0.717) is 12.8 Å². The van der Waals surface area contributed by atoms with Crippen molar-refractivity contribution in [3.8, 4) is 0 Å². The summed E-state index contributed by atoms with van der Waals surface area (Å²) in [5, 5.41) is 8.98. The first-order valence-corrected chi connectivity index (χ1v) is 6.70. The number of nitrogens with two attached hydrogens (primary N) is 1. The summed E-state index contributed by atoms with van der Waals surface area (Å²) < 4.78 is 0. The standard InChI is InChI=1S/C17H19NO2/c18-16(10-13-4-2-1-3-5-13)17(20)11-14-6-8-15(12-19)9-7-14/h1-9,16,19H,10-12,18H2/t16-/m0/s1. The van der Waals surface area contributed by atoms with Crippen LogP contribution in [-0.2, 0) is 24.2 Å². The molecule has 0 unspecified atom stereocenters. The molecular weight excluding hydrogens is 250 g/mol. The maximum Gasteiger partial charge on any atom is 0.154 e. The molecule has 0 bridgehead atoms.